The van der Waals surface area contributed by atoms with Gasteiger partial charge in [-0.1, -0.05) is 0 Å². The molecule has 0 radical (unpaired) electrons. The van der Waals surface area contributed by atoms with E-state index in [1.165, 1.54) is 0 Å². The summed E-state index contributed by atoms with van der Waals surface area (Å²) in [4.78, 5) is 4.05. The van der Waals surface area contributed by atoms with E-state index >= 15 is 0 Å². The summed E-state index contributed by atoms with van der Waals surface area (Å²) in [6.07, 6.45) is 4.32. The number of nitrogens with zero attached hydrogens (tertiary/aromatic N) is 1. The van der Waals surface area contributed by atoms with Gasteiger partial charge in [0.1, 0.15) is 4.60 Å². The molecule has 1 aliphatic carbocycles. The molecule has 0 unspecified atom stereocenters. The molecular formula is C9H10BrNO2. The zero-order chi connectivity index (χ0) is 9.26. The maximum absolute atomic E-state index is 5.63. The van der Waals surface area contributed by atoms with Crippen molar-refractivity contribution in [2.24, 2.45) is 0 Å². The Balaban J connectivity index is 2.22. The molecule has 0 saturated heterocycles. The molecule has 70 valence electrons. The molecule has 1 saturated carbocycles. The summed E-state index contributed by atoms with van der Waals surface area (Å²) in [5.41, 5.74) is 0. The average molecular weight is 244 g/mol. The van der Waals surface area contributed by atoms with Crippen molar-refractivity contribution >= 4 is 15.9 Å². The lowest BCUT2D eigenvalue weighted by Crippen LogP contribution is -1.99. The second-order valence-electron chi connectivity index (χ2n) is 2.98. The van der Waals surface area contributed by atoms with Crippen LogP contribution in [0.25, 0.3) is 0 Å². The monoisotopic (exact) mass is 243 g/mol. The summed E-state index contributed by atoms with van der Waals surface area (Å²) in [7, 11) is 1.62. The zero-order valence-corrected chi connectivity index (χ0v) is 8.87. The van der Waals surface area contributed by atoms with Gasteiger partial charge in [0.2, 0.25) is 0 Å². The van der Waals surface area contributed by atoms with Gasteiger partial charge in [0.15, 0.2) is 11.5 Å². The van der Waals surface area contributed by atoms with Crippen LogP contribution in [0.2, 0.25) is 0 Å². The van der Waals surface area contributed by atoms with Gasteiger partial charge in [0, 0.05) is 6.07 Å². The van der Waals surface area contributed by atoms with E-state index < -0.39 is 0 Å². The van der Waals surface area contributed by atoms with Gasteiger partial charge in [0.05, 0.1) is 19.4 Å². The molecule has 1 heterocycles. The molecule has 1 aliphatic rings. The van der Waals surface area contributed by atoms with Crippen molar-refractivity contribution in [2.75, 3.05) is 7.11 Å². The van der Waals surface area contributed by atoms with E-state index in [4.69, 9.17) is 9.47 Å². The van der Waals surface area contributed by atoms with Crippen LogP contribution in [0.3, 0.4) is 0 Å². The quantitative estimate of drug-likeness (QED) is 0.765. The van der Waals surface area contributed by atoms with Gasteiger partial charge in [-0.25, -0.2) is 4.98 Å². The summed E-state index contributed by atoms with van der Waals surface area (Å²) >= 11 is 3.29. The summed E-state index contributed by atoms with van der Waals surface area (Å²) in [6.45, 7) is 0. The van der Waals surface area contributed by atoms with E-state index in [0.29, 0.717) is 11.9 Å². The van der Waals surface area contributed by atoms with Gasteiger partial charge in [-0.05, 0) is 28.8 Å². The average Bonchev–Trinajstić information content (AvgIpc) is 2.89. The molecular weight excluding hydrogens is 234 g/mol. The van der Waals surface area contributed by atoms with Crippen molar-refractivity contribution in [3.63, 3.8) is 0 Å². The van der Waals surface area contributed by atoms with E-state index in [9.17, 15) is 0 Å². The van der Waals surface area contributed by atoms with Crippen LogP contribution >= 0.6 is 15.9 Å². The number of rotatable bonds is 3. The maximum Gasteiger partial charge on any atom is 0.179 e. The number of aromatic nitrogens is 1. The van der Waals surface area contributed by atoms with Crippen molar-refractivity contribution in [3.8, 4) is 11.5 Å². The molecule has 13 heavy (non-hydrogen) atoms. The third kappa shape index (κ3) is 2.12. The van der Waals surface area contributed by atoms with Crippen molar-refractivity contribution < 1.29 is 9.47 Å². The Morgan fingerprint density at radius 3 is 2.85 bits per heavy atom. The third-order valence-corrected chi connectivity index (χ3v) is 2.27. The lowest BCUT2D eigenvalue weighted by atomic mass is 10.4. The Hall–Kier alpha value is -0.770. The van der Waals surface area contributed by atoms with Crippen molar-refractivity contribution in [2.45, 2.75) is 18.9 Å². The normalized spacial score (nSPS) is 15.5. The van der Waals surface area contributed by atoms with E-state index in [1.807, 2.05) is 6.07 Å². The van der Waals surface area contributed by atoms with E-state index in [-0.39, 0.29) is 0 Å². The van der Waals surface area contributed by atoms with Gasteiger partial charge >= 0.3 is 0 Å². The van der Waals surface area contributed by atoms with E-state index in [1.54, 1.807) is 13.3 Å². The Morgan fingerprint density at radius 2 is 2.23 bits per heavy atom. The molecule has 0 aromatic carbocycles. The molecule has 4 heteroatoms. The Kier molecular flexibility index (Phi) is 2.40. The maximum atomic E-state index is 5.63. The largest absolute Gasteiger partial charge is 0.491 e. The fraction of sp³-hybridized carbons (Fsp3) is 0.444. The van der Waals surface area contributed by atoms with Crippen LogP contribution in [0, 0.1) is 0 Å². The topological polar surface area (TPSA) is 31.4 Å². The number of methoxy groups -OCH3 is 1. The van der Waals surface area contributed by atoms with Crippen LogP contribution in [0.4, 0.5) is 0 Å². The lowest BCUT2D eigenvalue weighted by molar-refractivity contribution is 0.281. The van der Waals surface area contributed by atoms with E-state index in [0.717, 1.165) is 23.2 Å². The first-order valence-corrected chi connectivity index (χ1v) is 4.95. The fourth-order valence-electron chi connectivity index (χ4n) is 1.01. The van der Waals surface area contributed by atoms with Crippen LogP contribution in [-0.4, -0.2) is 18.2 Å². The van der Waals surface area contributed by atoms with Crippen molar-refractivity contribution in [1.82, 2.24) is 4.98 Å². The van der Waals surface area contributed by atoms with Gasteiger partial charge in [0.25, 0.3) is 0 Å². The van der Waals surface area contributed by atoms with Gasteiger partial charge in [-0.2, -0.15) is 0 Å². The third-order valence-electron chi connectivity index (χ3n) is 1.84. The summed E-state index contributed by atoms with van der Waals surface area (Å²) in [5.74, 6) is 1.46. The summed E-state index contributed by atoms with van der Waals surface area (Å²) in [6, 6.07) is 1.83. The molecule has 1 fully saturated rings. The molecule has 0 aliphatic heterocycles. The minimum atomic E-state index is 0.378. The molecule has 0 atom stereocenters. The Morgan fingerprint density at radius 1 is 1.46 bits per heavy atom. The standard InChI is InChI=1S/C9H10BrNO2/c1-12-8-5-11-9(10)4-7(8)13-6-2-3-6/h4-6H,2-3H2,1H3. The molecule has 1 aromatic heterocycles. The minimum absolute atomic E-state index is 0.378. The number of hydrogen-bond donors (Lipinski definition) is 0. The molecule has 0 spiro atoms. The highest BCUT2D eigenvalue weighted by molar-refractivity contribution is 9.10. The summed E-state index contributed by atoms with van der Waals surface area (Å²) < 4.78 is 11.5. The second kappa shape index (κ2) is 3.54. The van der Waals surface area contributed by atoms with Crippen LogP contribution in [0.1, 0.15) is 12.8 Å². The van der Waals surface area contributed by atoms with Crippen molar-refractivity contribution in [1.29, 1.82) is 0 Å². The van der Waals surface area contributed by atoms with Crippen molar-refractivity contribution in [3.05, 3.63) is 16.9 Å². The number of ether oxygens (including phenoxy) is 2. The van der Waals surface area contributed by atoms with Gasteiger partial charge in [-0.3, -0.25) is 0 Å². The molecule has 1 aromatic rings. The molecule has 0 amide bonds. The predicted octanol–water partition coefficient (Wildman–Crippen LogP) is 2.39. The van der Waals surface area contributed by atoms with Gasteiger partial charge in [-0.15, -0.1) is 0 Å². The molecule has 0 N–H and O–H groups in total. The SMILES string of the molecule is COc1cnc(Br)cc1OC1CC1. The van der Waals surface area contributed by atoms with Gasteiger partial charge < -0.3 is 9.47 Å². The molecule has 0 bridgehead atoms. The highest BCUT2D eigenvalue weighted by Gasteiger charge is 2.25. The minimum Gasteiger partial charge on any atom is -0.491 e. The number of hydrogen-bond acceptors (Lipinski definition) is 3. The van der Waals surface area contributed by atoms with E-state index in [2.05, 4.69) is 20.9 Å². The highest BCUT2D eigenvalue weighted by atomic mass is 79.9. The Labute approximate surface area is 85.2 Å². The zero-order valence-electron chi connectivity index (χ0n) is 7.29. The number of pyridine rings is 1. The van der Waals surface area contributed by atoms with Crippen LogP contribution in [0.5, 0.6) is 11.5 Å². The van der Waals surface area contributed by atoms with Crippen LogP contribution in [-0.2, 0) is 0 Å². The fourth-order valence-corrected chi connectivity index (χ4v) is 1.32. The predicted molar refractivity (Wildman–Crippen MR) is 52.1 cm³/mol. The first kappa shape index (κ1) is 8.81. The number of halogens is 1. The molecule has 3 nitrogen and oxygen atoms in total. The van der Waals surface area contributed by atoms with Crippen LogP contribution < -0.4 is 9.47 Å². The smallest absolute Gasteiger partial charge is 0.179 e. The second-order valence-corrected chi connectivity index (χ2v) is 3.79. The molecule has 2 rings (SSSR count). The summed E-state index contributed by atoms with van der Waals surface area (Å²) in [5, 5.41) is 0. The highest BCUT2D eigenvalue weighted by Crippen LogP contribution is 2.34. The van der Waals surface area contributed by atoms with Crippen LogP contribution in [0.15, 0.2) is 16.9 Å². The lowest BCUT2D eigenvalue weighted by Gasteiger charge is -2.08. The first-order valence-electron chi connectivity index (χ1n) is 4.16. The first-order chi connectivity index (χ1) is 6.29. The Bertz CT molecular complexity index is 312.